The lowest BCUT2D eigenvalue weighted by molar-refractivity contribution is -0.137. The quantitative estimate of drug-likeness (QED) is 0.811. The average molecular weight is 335 g/mol. The third kappa shape index (κ3) is 4.37. The topological polar surface area (TPSA) is 29.1 Å². The minimum atomic E-state index is -4.36. The van der Waals surface area contributed by atoms with Crippen molar-refractivity contribution in [3.63, 3.8) is 0 Å². The minimum absolute atomic E-state index is 0.129. The van der Waals surface area contributed by atoms with E-state index in [2.05, 4.69) is 5.32 Å². The molecule has 0 spiro atoms. The summed E-state index contributed by atoms with van der Waals surface area (Å²) in [4.78, 5) is 12.5. The van der Waals surface area contributed by atoms with Crippen molar-refractivity contribution in [2.75, 3.05) is 0 Å². The first-order chi connectivity index (χ1) is 11.3. The summed E-state index contributed by atoms with van der Waals surface area (Å²) in [6.45, 7) is 3.69. The zero-order valence-electron chi connectivity index (χ0n) is 13.6. The normalized spacial score (nSPS) is 14.0. The number of halogens is 3. The highest BCUT2D eigenvalue weighted by atomic mass is 19.4. The number of nitrogens with one attached hydrogen (secondary N) is 1. The average Bonchev–Trinajstić information content (AvgIpc) is 2.56. The van der Waals surface area contributed by atoms with Crippen molar-refractivity contribution in [1.29, 1.82) is 0 Å². The molecule has 0 aliphatic heterocycles. The summed E-state index contributed by atoms with van der Waals surface area (Å²) in [7, 11) is 0. The number of amides is 1. The third-order valence-corrected chi connectivity index (χ3v) is 4.02. The van der Waals surface area contributed by atoms with Crippen LogP contribution in [-0.2, 0) is 11.0 Å². The predicted octanol–water partition coefficient (Wildman–Crippen LogP) is 5.08. The number of benzene rings is 2. The molecule has 1 N–H and O–H groups in total. The van der Waals surface area contributed by atoms with Gasteiger partial charge in [-0.05, 0) is 36.6 Å². The number of rotatable bonds is 5. The molecule has 24 heavy (non-hydrogen) atoms. The molecule has 0 aromatic heterocycles. The Morgan fingerprint density at radius 3 is 2.08 bits per heavy atom. The van der Waals surface area contributed by atoms with Crippen LogP contribution in [0.15, 0.2) is 54.6 Å². The second-order valence-corrected chi connectivity index (χ2v) is 5.72. The first-order valence-electron chi connectivity index (χ1n) is 7.85. The summed E-state index contributed by atoms with van der Waals surface area (Å²) >= 11 is 0. The van der Waals surface area contributed by atoms with Crippen LogP contribution < -0.4 is 5.32 Å². The fourth-order valence-electron chi connectivity index (χ4n) is 2.62. The maximum Gasteiger partial charge on any atom is 0.416 e. The van der Waals surface area contributed by atoms with Gasteiger partial charge in [-0.15, -0.1) is 0 Å². The van der Waals surface area contributed by atoms with Gasteiger partial charge in [0.15, 0.2) is 0 Å². The molecule has 0 radical (unpaired) electrons. The van der Waals surface area contributed by atoms with Gasteiger partial charge < -0.3 is 5.32 Å². The SMILES string of the molecule is CCC(C(=O)NC(C)c1ccc(C(F)(F)F)cc1)c1ccccc1. The van der Waals surface area contributed by atoms with E-state index < -0.39 is 11.7 Å². The van der Waals surface area contributed by atoms with Gasteiger partial charge in [0.1, 0.15) is 0 Å². The van der Waals surface area contributed by atoms with Crippen LogP contribution in [0.25, 0.3) is 0 Å². The molecule has 2 unspecified atom stereocenters. The number of hydrogen-bond donors (Lipinski definition) is 1. The summed E-state index contributed by atoms with van der Waals surface area (Å²) in [6, 6.07) is 14.0. The van der Waals surface area contributed by atoms with Crippen molar-refractivity contribution in [2.45, 2.75) is 38.4 Å². The summed E-state index contributed by atoms with van der Waals surface area (Å²) in [5.74, 6) is -0.404. The summed E-state index contributed by atoms with van der Waals surface area (Å²) in [5, 5.41) is 2.88. The van der Waals surface area contributed by atoms with Gasteiger partial charge in [0.05, 0.1) is 17.5 Å². The van der Waals surface area contributed by atoms with Crippen LogP contribution in [0, 0.1) is 0 Å². The van der Waals surface area contributed by atoms with Gasteiger partial charge >= 0.3 is 6.18 Å². The van der Waals surface area contributed by atoms with Crippen LogP contribution in [0.4, 0.5) is 13.2 Å². The number of carbonyl (C=O) groups excluding carboxylic acids is 1. The Hall–Kier alpha value is -2.30. The van der Waals surface area contributed by atoms with Gasteiger partial charge in [0.2, 0.25) is 5.91 Å². The number of carbonyl (C=O) groups is 1. The third-order valence-electron chi connectivity index (χ3n) is 4.02. The van der Waals surface area contributed by atoms with Gasteiger partial charge in [0.25, 0.3) is 0 Å². The van der Waals surface area contributed by atoms with Crippen LogP contribution in [0.1, 0.15) is 48.9 Å². The molecule has 0 saturated heterocycles. The maximum atomic E-state index is 12.6. The lowest BCUT2D eigenvalue weighted by atomic mass is 9.95. The van der Waals surface area contributed by atoms with Crippen molar-refractivity contribution < 1.29 is 18.0 Å². The second-order valence-electron chi connectivity index (χ2n) is 5.72. The van der Waals surface area contributed by atoms with Gasteiger partial charge in [0, 0.05) is 0 Å². The standard InChI is InChI=1S/C19H20F3NO/c1-3-17(15-7-5-4-6-8-15)18(24)23-13(2)14-9-11-16(12-10-14)19(20,21)22/h4-13,17H,3H2,1-2H3,(H,23,24). The van der Waals surface area contributed by atoms with Crippen molar-refractivity contribution >= 4 is 5.91 Å². The van der Waals surface area contributed by atoms with Gasteiger partial charge in [-0.3, -0.25) is 4.79 Å². The Balaban J connectivity index is 2.08. The Labute approximate surface area is 139 Å². The van der Waals surface area contributed by atoms with E-state index in [0.29, 0.717) is 12.0 Å². The molecule has 1 amide bonds. The smallest absolute Gasteiger partial charge is 0.349 e. The monoisotopic (exact) mass is 335 g/mol. The zero-order chi connectivity index (χ0) is 17.7. The van der Waals surface area contributed by atoms with E-state index in [0.717, 1.165) is 17.7 Å². The van der Waals surface area contributed by atoms with Crippen molar-refractivity contribution in [1.82, 2.24) is 5.32 Å². The van der Waals surface area contributed by atoms with Crippen LogP contribution in [0.5, 0.6) is 0 Å². The molecular weight excluding hydrogens is 315 g/mol. The molecular formula is C19H20F3NO. The molecule has 2 atom stereocenters. The van der Waals surface area contributed by atoms with Gasteiger partial charge in [-0.2, -0.15) is 13.2 Å². The molecule has 0 bridgehead atoms. The first kappa shape index (κ1) is 18.0. The molecule has 0 fully saturated rings. The molecule has 0 heterocycles. The number of alkyl halides is 3. The highest BCUT2D eigenvalue weighted by Gasteiger charge is 2.30. The minimum Gasteiger partial charge on any atom is -0.349 e. The van der Waals surface area contributed by atoms with Crippen molar-refractivity contribution in [3.8, 4) is 0 Å². The first-order valence-corrected chi connectivity index (χ1v) is 7.85. The van der Waals surface area contributed by atoms with E-state index in [9.17, 15) is 18.0 Å². The summed E-state index contributed by atoms with van der Waals surface area (Å²) < 4.78 is 37.8. The fourth-order valence-corrected chi connectivity index (χ4v) is 2.62. The highest BCUT2D eigenvalue weighted by Crippen LogP contribution is 2.30. The van der Waals surface area contributed by atoms with Crippen LogP contribution >= 0.6 is 0 Å². The molecule has 0 aliphatic rings. The Kier molecular flexibility index (Phi) is 5.65. The number of hydrogen-bond acceptors (Lipinski definition) is 1. The summed E-state index contributed by atoms with van der Waals surface area (Å²) in [6.07, 6.45) is -3.71. The zero-order valence-corrected chi connectivity index (χ0v) is 13.6. The van der Waals surface area contributed by atoms with E-state index >= 15 is 0 Å². The van der Waals surface area contributed by atoms with Crippen LogP contribution in [0.2, 0.25) is 0 Å². The largest absolute Gasteiger partial charge is 0.416 e. The van der Waals surface area contributed by atoms with Crippen LogP contribution in [-0.4, -0.2) is 5.91 Å². The van der Waals surface area contributed by atoms with E-state index in [1.165, 1.54) is 12.1 Å². The molecule has 0 saturated carbocycles. The van der Waals surface area contributed by atoms with E-state index in [-0.39, 0.29) is 17.9 Å². The predicted molar refractivity (Wildman–Crippen MR) is 87.5 cm³/mol. The molecule has 2 rings (SSSR count). The Bertz CT molecular complexity index is 665. The molecule has 0 aliphatic carbocycles. The van der Waals surface area contributed by atoms with Crippen molar-refractivity contribution in [2.24, 2.45) is 0 Å². The van der Waals surface area contributed by atoms with Gasteiger partial charge in [-0.1, -0.05) is 49.4 Å². The van der Waals surface area contributed by atoms with Gasteiger partial charge in [-0.25, -0.2) is 0 Å². The Morgan fingerprint density at radius 1 is 1.00 bits per heavy atom. The van der Waals surface area contributed by atoms with Crippen molar-refractivity contribution in [3.05, 3.63) is 71.3 Å². The second kappa shape index (κ2) is 7.51. The lowest BCUT2D eigenvalue weighted by Crippen LogP contribution is -2.31. The molecule has 128 valence electrons. The van der Waals surface area contributed by atoms with E-state index in [1.54, 1.807) is 6.92 Å². The fraction of sp³-hybridized carbons (Fsp3) is 0.316. The highest BCUT2D eigenvalue weighted by molar-refractivity contribution is 5.83. The lowest BCUT2D eigenvalue weighted by Gasteiger charge is -2.20. The summed E-state index contributed by atoms with van der Waals surface area (Å²) in [5.41, 5.74) is 0.872. The Morgan fingerprint density at radius 2 is 1.58 bits per heavy atom. The molecule has 2 aromatic carbocycles. The molecule has 2 aromatic rings. The van der Waals surface area contributed by atoms with E-state index in [1.807, 2.05) is 37.3 Å². The molecule has 2 nitrogen and oxygen atoms in total. The molecule has 5 heteroatoms. The van der Waals surface area contributed by atoms with E-state index in [4.69, 9.17) is 0 Å². The maximum absolute atomic E-state index is 12.6. The van der Waals surface area contributed by atoms with Crippen LogP contribution in [0.3, 0.4) is 0 Å².